The van der Waals surface area contributed by atoms with Crippen LogP contribution in [0, 0.1) is 23.1 Å². The van der Waals surface area contributed by atoms with Crippen molar-refractivity contribution in [2.45, 2.75) is 6.92 Å². The Morgan fingerprint density at radius 3 is 2.70 bits per heavy atom. The zero-order chi connectivity index (χ0) is 15.3. The second kappa shape index (κ2) is 6.52. The van der Waals surface area contributed by atoms with Crippen molar-refractivity contribution in [1.29, 1.82) is 5.26 Å². The number of rotatable bonds is 4. The van der Waals surface area contributed by atoms with Gasteiger partial charge in [0, 0.05) is 13.6 Å². The molecule has 0 aliphatic carbocycles. The Morgan fingerprint density at radius 1 is 1.55 bits per heavy atom. The normalized spacial score (nSPS) is 11.3. The third-order valence-electron chi connectivity index (χ3n) is 2.57. The molecule has 6 nitrogen and oxygen atoms in total. The molecule has 0 bridgehead atoms. The minimum Gasteiger partial charge on any atom is -0.478 e. The zero-order valence-corrected chi connectivity index (χ0v) is 11.1. The second-order valence-corrected chi connectivity index (χ2v) is 4.34. The summed E-state index contributed by atoms with van der Waals surface area (Å²) in [6, 6.07) is 4.61. The highest BCUT2D eigenvalue weighted by atomic mass is 19.1. The van der Waals surface area contributed by atoms with Crippen molar-refractivity contribution < 1.29 is 19.1 Å². The first-order valence-corrected chi connectivity index (χ1v) is 5.79. The number of carbonyl (C=O) groups is 2. The van der Waals surface area contributed by atoms with E-state index in [1.807, 2.05) is 6.07 Å². The monoisotopic (exact) mass is 279 g/mol. The molecular weight excluding hydrogens is 265 g/mol. The summed E-state index contributed by atoms with van der Waals surface area (Å²) in [5.74, 6) is -2.42. The average molecular weight is 279 g/mol. The van der Waals surface area contributed by atoms with E-state index in [-0.39, 0.29) is 23.7 Å². The van der Waals surface area contributed by atoms with Crippen LogP contribution in [0.2, 0.25) is 0 Å². The molecule has 0 aliphatic heterocycles. The fraction of sp³-hybridized carbons (Fsp3) is 0.308. The molecule has 0 saturated carbocycles. The topological polar surface area (TPSA) is 93.4 Å². The van der Waals surface area contributed by atoms with E-state index in [1.165, 1.54) is 24.1 Å². The molecule has 0 radical (unpaired) electrons. The third-order valence-corrected chi connectivity index (χ3v) is 2.57. The maximum absolute atomic E-state index is 13.6. The Morgan fingerprint density at radius 2 is 2.20 bits per heavy atom. The summed E-state index contributed by atoms with van der Waals surface area (Å²) in [4.78, 5) is 23.7. The van der Waals surface area contributed by atoms with Gasteiger partial charge in [-0.05, 0) is 25.1 Å². The summed E-state index contributed by atoms with van der Waals surface area (Å²) in [6.07, 6.45) is 0. The molecule has 0 aliphatic rings. The van der Waals surface area contributed by atoms with Gasteiger partial charge in [0.15, 0.2) is 0 Å². The van der Waals surface area contributed by atoms with Crippen LogP contribution in [0.5, 0.6) is 0 Å². The number of carboxylic acid groups (broad SMARTS) is 1. The van der Waals surface area contributed by atoms with Crippen molar-refractivity contribution in [3.8, 4) is 6.07 Å². The fourth-order valence-electron chi connectivity index (χ4n) is 1.49. The molecule has 20 heavy (non-hydrogen) atoms. The molecule has 0 spiro atoms. The van der Waals surface area contributed by atoms with Gasteiger partial charge in [-0.25, -0.2) is 14.0 Å². The minimum absolute atomic E-state index is 0.114. The van der Waals surface area contributed by atoms with Crippen molar-refractivity contribution >= 4 is 17.7 Å². The van der Waals surface area contributed by atoms with E-state index < -0.39 is 17.8 Å². The molecule has 7 heteroatoms. The number of benzene rings is 1. The number of amides is 2. The molecule has 1 rings (SSSR count). The van der Waals surface area contributed by atoms with Crippen LogP contribution in [0.25, 0.3) is 0 Å². The van der Waals surface area contributed by atoms with Crippen molar-refractivity contribution in [3.63, 3.8) is 0 Å². The summed E-state index contributed by atoms with van der Waals surface area (Å²) in [6.45, 7) is 1.86. The lowest BCUT2D eigenvalue weighted by Gasteiger charge is -2.19. The van der Waals surface area contributed by atoms with Gasteiger partial charge >= 0.3 is 12.0 Å². The maximum Gasteiger partial charge on any atom is 0.335 e. The van der Waals surface area contributed by atoms with Crippen LogP contribution in [-0.2, 0) is 0 Å². The molecule has 106 valence electrons. The number of nitrogens with zero attached hydrogens (tertiary/aromatic N) is 2. The Kier molecular flexibility index (Phi) is 5.03. The maximum atomic E-state index is 13.6. The number of carbonyl (C=O) groups excluding carboxylic acids is 1. The summed E-state index contributed by atoms with van der Waals surface area (Å²) in [5, 5.41) is 19.7. The third kappa shape index (κ3) is 3.95. The molecule has 0 aromatic heterocycles. The predicted molar refractivity (Wildman–Crippen MR) is 69.8 cm³/mol. The van der Waals surface area contributed by atoms with Crippen molar-refractivity contribution in [2.24, 2.45) is 5.92 Å². The molecule has 1 atom stereocenters. The number of nitrogens with one attached hydrogen (secondary N) is 1. The highest BCUT2D eigenvalue weighted by Crippen LogP contribution is 2.16. The van der Waals surface area contributed by atoms with Gasteiger partial charge in [-0.3, -0.25) is 0 Å². The molecule has 2 amide bonds. The Balaban J connectivity index is 2.76. The van der Waals surface area contributed by atoms with Gasteiger partial charge in [0.1, 0.15) is 5.82 Å². The summed E-state index contributed by atoms with van der Waals surface area (Å²) in [7, 11) is 1.48. The van der Waals surface area contributed by atoms with Gasteiger partial charge in [0.2, 0.25) is 0 Å². The van der Waals surface area contributed by atoms with E-state index in [2.05, 4.69) is 5.32 Å². The molecule has 2 N–H and O–H groups in total. The lowest BCUT2D eigenvalue weighted by atomic mass is 10.2. The standard InChI is InChI=1S/C13H14FN3O3/c1-8(6-15)7-17(2)13(20)16-11-4-3-9(12(18)19)5-10(11)14/h3-5,8H,7H2,1-2H3,(H,16,20)(H,18,19). The Labute approximate surface area is 115 Å². The number of nitriles is 1. The van der Waals surface area contributed by atoms with Crippen LogP contribution in [0.3, 0.4) is 0 Å². The number of carboxylic acids is 1. The van der Waals surface area contributed by atoms with Crippen molar-refractivity contribution in [1.82, 2.24) is 4.90 Å². The SMILES string of the molecule is CC(C#N)CN(C)C(=O)Nc1ccc(C(=O)O)cc1F. The first-order chi connectivity index (χ1) is 9.35. The van der Waals surface area contributed by atoms with Crippen LogP contribution in [0.1, 0.15) is 17.3 Å². The number of halogens is 1. The molecular formula is C13H14FN3O3. The van der Waals surface area contributed by atoms with E-state index in [1.54, 1.807) is 6.92 Å². The van der Waals surface area contributed by atoms with Crippen LogP contribution in [0.15, 0.2) is 18.2 Å². The van der Waals surface area contributed by atoms with E-state index in [4.69, 9.17) is 10.4 Å². The van der Waals surface area contributed by atoms with E-state index in [0.29, 0.717) is 0 Å². The van der Waals surface area contributed by atoms with Crippen molar-refractivity contribution in [3.05, 3.63) is 29.6 Å². The van der Waals surface area contributed by atoms with Gasteiger partial charge in [-0.15, -0.1) is 0 Å². The first kappa shape index (κ1) is 15.4. The van der Waals surface area contributed by atoms with Gasteiger partial charge in [0.25, 0.3) is 0 Å². The zero-order valence-electron chi connectivity index (χ0n) is 11.1. The summed E-state index contributed by atoms with van der Waals surface area (Å²) < 4.78 is 13.6. The van der Waals surface area contributed by atoms with Gasteiger partial charge < -0.3 is 15.3 Å². The smallest absolute Gasteiger partial charge is 0.335 e. The molecule has 0 saturated heterocycles. The predicted octanol–water partition coefficient (Wildman–Crippen LogP) is 2.15. The number of aromatic carboxylic acids is 1. The van der Waals surface area contributed by atoms with E-state index >= 15 is 0 Å². The molecule has 1 aromatic carbocycles. The first-order valence-electron chi connectivity index (χ1n) is 5.79. The van der Waals surface area contributed by atoms with Crippen LogP contribution < -0.4 is 5.32 Å². The van der Waals surface area contributed by atoms with Gasteiger partial charge in [-0.1, -0.05) is 0 Å². The average Bonchev–Trinajstić information content (AvgIpc) is 2.40. The highest BCUT2D eigenvalue weighted by Gasteiger charge is 2.15. The number of urea groups is 1. The Bertz CT molecular complexity index is 568. The Hall–Kier alpha value is -2.62. The lowest BCUT2D eigenvalue weighted by molar-refractivity contribution is 0.0696. The summed E-state index contributed by atoms with van der Waals surface area (Å²) in [5.41, 5.74) is -0.316. The molecule has 0 heterocycles. The lowest BCUT2D eigenvalue weighted by Crippen LogP contribution is -2.34. The molecule has 1 unspecified atom stereocenters. The quantitative estimate of drug-likeness (QED) is 0.883. The van der Waals surface area contributed by atoms with Gasteiger partial charge in [-0.2, -0.15) is 5.26 Å². The second-order valence-electron chi connectivity index (χ2n) is 4.34. The van der Waals surface area contributed by atoms with Crippen LogP contribution in [0.4, 0.5) is 14.9 Å². The van der Waals surface area contributed by atoms with Gasteiger partial charge in [0.05, 0.1) is 23.2 Å². The van der Waals surface area contributed by atoms with Crippen molar-refractivity contribution in [2.75, 3.05) is 18.9 Å². The fourth-order valence-corrected chi connectivity index (χ4v) is 1.49. The number of anilines is 1. The molecule has 1 aromatic rings. The van der Waals surface area contributed by atoms with E-state index in [0.717, 1.165) is 6.07 Å². The number of hydrogen-bond acceptors (Lipinski definition) is 3. The minimum atomic E-state index is -1.25. The largest absolute Gasteiger partial charge is 0.478 e. The van der Waals surface area contributed by atoms with E-state index in [9.17, 15) is 14.0 Å². The van der Waals surface area contributed by atoms with Crippen LogP contribution >= 0.6 is 0 Å². The highest BCUT2D eigenvalue weighted by molar-refractivity contribution is 5.91. The number of hydrogen-bond donors (Lipinski definition) is 2. The summed E-state index contributed by atoms with van der Waals surface area (Å²) >= 11 is 0. The van der Waals surface area contributed by atoms with Crippen LogP contribution in [-0.4, -0.2) is 35.6 Å². The molecule has 0 fully saturated rings.